The summed E-state index contributed by atoms with van der Waals surface area (Å²) < 4.78 is 5.71. The Morgan fingerprint density at radius 3 is 2.33 bits per heavy atom. The van der Waals surface area contributed by atoms with Gasteiger partial charge in [0, 0.05) is 6.61 Å². The van der Waals surface area contributed by atoms with Crippen molar-refractivity contribution in [2.45, 2.75) is 44.0 Å². The van der Waals surface area contributed by atoms with Crippen molar-refractivity contribution in [2.75, 3.05) is 6.61 Å². The quantitative estimate of drug-likeness (QED) is 0.802. The van der Waals surface area contributed by atoms with Crippen molar-refractivity contribution in [1.82, 2.24) is 10.2 Å². The van der Waals surface area contributed by atoms with Gasteiger partial charge < -0.3 is 15.0 Å². The molecule has 140 valence electrons. The smallest absolute Gasteiger partial charge is 0.246 e. The Morgan fingerprint density at radius 2 is 1.59 bits per heavy atom. The molecule has 2 aromatic rings. The average molecular weight is 364 g/mol. The summed E-state index contributed by atoms with van der Waals surface area (Å²) >= 11 is 0. The lowest BCUT2D eigenvalue weighted by atomic mass is 10.0. The third-order valence-corrected chi connectivity index (χ3v) is 5.40. The fourth-order valence-corrected chi connectivity index (χ4v) is 4.05. The second-order valence-electron chi connectivity index (χ2n) is 7.15. The molecule has 5 nitrogen and oxygen atoms in total. The molecule has 2 aromatic carbocycles. The number of hydrogen-bond acceptors (Lipinski definition) is 3. The lowest BCUT2D eigenvalue weighted by Gasteiger charge is -2.38. The van der Waals surface area contributed by atoms with E-state index in [1.807, 2.05) is 60.7 Å². The van der Waals surface area contributed by atoms with Crippen molar-refractivity contribution in [2.24, 2.45) is 0 Å². The molecule has 3 atom stereocenters. The van der Waals surface area contributed by atoms with Crippen LogP contribution in [0.2, 0.25) is 0 Å². The van der Waals surface area contributed by atoms with E-state index in [0.717, 1.165) is 17.5 Å². The summed E-state index contributed by atoms with van der Waals surface area (Å²) in [5.41, 5.74) is 2.20. The van der Waals surface area contributed by atoms with E-state index in [1.165, 1.54) is 0 Å². The van der Waals surface area contributed by atoms with E-state index >= 15 is 0 Å². The Hall–Kier alpha value is -2.66. The van der Waals surface area contributed by atoms with E-state index in [-0.39, 0.29) is 23.9 Å². The van der Waals surface area contributed by atoms with Crippen molar-refractivity contribution in [3.05, 3.63) is 71.8 Å². The lowest BCUT2D eigenvalue weighted by Crippen LogP contribution is -2.61. The van der Waals surface area contributed by atoms with E-state index in [9.17, 15) is 9.59 Å². The Bertz CT molecular complexity index is 794. The molecule has 0 saturated carbocycles. The summed E-state index contributed by atoms with van der Waals surface area (Å²) in [6, 6.07) is 19.1. The van der Waals surface area contributed by atoms with Crippen molar-refractivity contribution in [1.29, 1.82) is 0 Å². The molecule has 5 heteroatoms. The number of amides is 2. The SMILES string of the molecule is O=C1NC(CCOCc2ccccc2)C(=O)N2[C@H]1CC[C@H]2c1ccccc1. The number of nitrogens with zero attached hydrogens (tertiary/aromatic N) is 1. The van der Waals surface area contributed by atoms with E-state index in [0.29, 0.717) is 26.1 Å². The largest absolute Gasteiger partial charge is 0.377 e. The van der Waals surface area contributed by atoms with Crippen LogP contribution in [0.1, 0.15) is 36.4 Å². The molecular formula is C22H24N2O3. The van der Waals surface area contributed by atoms with E-state index in [1.54, 1.807) is 4.90 Å². The lowest BCUT2D eigenvalue weighted by molar-refractivity contribution is -0.149. The van der Waals surface area contributed by atoms with Crippen LogP contribution in [-0.2, 0) is 20.9 Å². The van der Waals surface area contributed by atoms with Gasteiger partial charge in [0.15, 0.2) is 0 Å². The van der Waals surface area contributed by atoms with Crippen LogP contribution in [0.15, 0.2) is 60.7 Å². The maximum absolute atomic E-state index is 13.1. The monoisotopic (exact) mass is 364 g/mol. The molecule has 4 rings (SSSR count). The van der Waals surface area contributed by atoms with Crippen molar-refractivity contribution in [3.63, 3.8) is 0 Å². The van der Waals surface area contributed by atoms with Gasteiger partial charge in [0.1, 0.15) is 12.1 Å². The van der Waals surface area contributed by atoms with Crippen LogP contribution in [-0.4, -0.2) is 35.4 Å². The number of ether oxygens (including phenoxy) is 1. The highest BCUT2D eigenvalue weighted by Gasteiger charge is 2.47. The van der Waals surface area contributed by atoms with Crippen molar-refractivity contribution < 1.29 is 14.3 Å². The van der Waals surface area contributed by atoms with Crippen LogP contribution in [0.5, 0.6) is 0 Å². The van der Waals surface area contributed by atoms with E-state index in [2.05, 4.69) is 5.32 Å². The molecule has 2 heterocycles. The normalized spacial score (nSPS) is 24.6. The number of nitrogens with one attached hydrogen (secondary N) is 1. The molecule has 27 heavy (non-hydrogen) atoms. The second kappa shape index (κ2) is 7.92. The highest BCUT2D eigenvalue weighted by atomic mass is 16.5. The van der Waals surface area contributed by atoms with Gasteiger partial charge in [-0.05, 0) is 30.4 Å². The van der Waals surface area contributed by atoms with Gasteiger partial charge in [-0.1, -0.05) is 60.7 Å². The second-order valence-corrected chi connectivity index (χ2v) is 7.15. The fourth-order valence-electron chi connectivity index (χ4n) is 4.05. The highest BCUT2D eigenvalue weighted by molar-refractivity contribution is 5.97. The summed E-state index contributed by atoms with van der Waals surface area (Å²) in [6.45, 7) is 0.939. The zero-order valence-electron chi connectivity index (χ0n) is 15.2. The standard InChI is InChI=1S/C22H24N2O3/c25-21-20-12-11-19(17-9-5-2-6-10-17)24(20)22(26)18(23-21)13-14-27-15-16-7-3-1-4-8-16/h1-10,18-20H,11-15H2,(H,23,25)/t18?,19-,20-/m0/s1. The Balaban J connectivity index is 1.38. The molecule has 0 bridgehead atoms. The van der Waals surface area contributed by atoms with Crippen LogP contribution in [0, 0.1) is 0 Å². The molecule has 2 aliphatic heterocycles. The summed E-state index contributed by atoms with van der Waals surface area (Å²) in [4.78, 5) is 27.4. The van der Waals surface area contributed by atoms with Gasteiger partial charge in [-0.15, -0.1) is 0 Å². The van der Waals surface area contributed by atoms with Crippen LogP contribution < -0.4 is 5.32 Å². The highest BCUT2D eigenvalue weighted by Crippen LogP contribution is 2.38. The number of fused-ring (bicyclic) bond motifs is 1. The molecule has 2 amide bonds. The summed E-state index contributed by atoms with van der Waals surface area (Å²) in [5, 5.41) is 2.90. The van der Waals surface area contributed by atoms with Crippen LogP contribution >= 0.6 is 0 Å². The first-order valence-corrected chi connectivity index (χ1v) is 9.53. The minimum atomic E-state index is -0.506. The maximum Gasteiger partial charge on any atom is 0.246 e. The number of carbonyl (C=O) groups excluding carboxylic acids is 2. The minimum Gasteiger partial charge on any atom is -0.377 e. The molecule has 0 aromatic heterocycles. The molecule has 2 aliphatic rings. The fraction of sp³-hybridized carbons (Fsp3) is 0.364. The number of hydrogen-bond donors (Lipinski definition) is 1. The topological polar surface area (TPSA) is 58.6 Å². The molecule has 2 fully saturated rings. The summed E-state index contributed by atoms with van der Waals surface area (Å²) in [6.07, 6.45) is 2.03. The third kappa shape index (κ3) is 3.74. The number of benzene rings is 2. The first-order valence-electron chi connectivity index (χ1n) is 9.53. The van der Waals surface area contributed by atoms with Gasteiger partial charge >= 0.3 is 0 Å². The number of carbonyl (C=O) groups is 2. The van der Waals surface area contributed by atoms with Gasteiger partial charge in [0.25, 0.3) is 0 Å². The van der Waals surface area contributed by atoms with E-state index in [4.69, 9.17) is 4.74 Å². The Kier molecular flexibility index (Phi) is 5.21. The van der Waals surface area contributed by atoms with Gasteiger partial charge in [-0.25, -0.2) is 0 Å². The van der Waals surface area contributed by atoms with Gasteiger partial charge in [-0.2, -0.15) is 0 Å². The first kappa shape index (κ1) is 17.7. The molecular weight excluding hydrogens is 340 g/mol. The average Bonchev–Trinajstić information content (AvgIpc) is 3.16. The third-order valence-electron chi connectivity index (χ3n) is 5.40. The number of piperazine rings is 1. The van der Waals surface area contributed by atoms with Crippen molar-refractivity contribution in [3.8, 4) is 0 Å². The molecule has 0 spiro atoms. The maximum atomic E-state index is 13.1. The minimum absolute atomic E-state index is 0.00858. The van der Waals surface area contributed by atoms with E-state index < -0.39 is 6.04 Å². The molecule has 1 N–H and O–H groups in total. The summed E-state index contributed by atoms with van der Waals surface area (Å²) in [5.74, 6) is -0.0321. The Morgan fingerprint density at radius 1 is 0.926 bits per heavy atom. The molecule has 1 unspecified atom stereocenters. The molecule has 0 aliphatic carbocycles. The zero-order chi connectivity index (χ0) is 18.6. The number of rotatable bonds is 6. The van der Waals surface area contributed by atoms with Gasteiger partial charge in [-0.3, -0.25) is 9.59 Å². The zero-order valence-corrected chi connectivity index (χ0v) is 15.2. The van der Waals surface area contributed by atoms with Crippen LogP contribution in [0.4, 0.5) is 0 Å². The van der Waals surface area contributed by atoms with Crippen molar-refractivity contribution >= 4 is 11.8 Å². The van der Waals surface area contributed by atoms with Gasteiger partial charge in [0.05, 0.1) is 12.6 Å². The predicted molar refractivity (Wildman–Crippen MR) is 102 cm³/mol. The predicted octanol–water partition coefficient (Wildman–Crippen LogP) is 2.82. The molecule has 0 radical (unpaired) electrons. The van der Waals surface area contributed by atoms with Gasteiger partial charge in [0.2, 0.25) is 11.8 Å². The molecule has 2 saturated heterocycles. The van der Waals surface area contributed by atoms with Crippen LogP contribution in [0.3, 0.4) is 0 Å². The Labute approximate surface area is 159 Å². The van der Waals surface area contributed by atoms with Crippen LogP contribution in [0.25, 0.3) is 0 Å². The summed E-state index contributed by atoms with van der Waals surface area (Å²) in [7, 11) is 0. The first-order chi connectivity index (χ1) is 13.2.